The monoisotopic (exact) mass is 328 g/mol. The molecular formula is C18H17ClN2O2. The van der Waals surface area contributed by atoms with Gasteiger partial charge in [0, 0.05) is 10.7 Å². The molecule has 0 bridgehead atoms. The molecule has 4 nitrogen and oxygen atoms in total. The first kappa shape index (κ1) is 15.6. The molecule has 3 rings (SSSR count). The molecule has 1 fully saturated rings. The number of amides is 2. The van der Waals surface area contributed by atoms with Gasteiger partial charge >= 0.3 is 0 Å². The normalized spacial score (nSPS) is 17.7. The van der Waals surface area contributed by atoms with Gasteiger partial charge in [-0.05, 0) is 55.3 Å². The summed E-state index contributed by atoms with van der Waals surface area (Å²) in [5, 5.41) is 3.67. The van der Waals surface area contributed by atoms with E-state index >= 15 is 0 Å². The Bertz CT molecular complexity index is 768. The Morgan fingerprint density at radius 2 is 1.78 bits per heavy atom. The molecule has 0 radical (unpaired) electrons. The van der Waals surface area contributed by atoms with Gasteiger partial charge in [0.1, 0.15) is 6.04 Å². The molecule has 2 aromatic rings. The number of imide groups is 1. The van der Waals surface area contributed by atoms with Crippen LogP contribution in [0.1, 0.15) is 17.5 Å². The minimum Gasteiger partial charge on any atom is -0.373 e. The average molecular weight is 329 g/mol. The lowest BCUT2D eigenvalue weighted by atomic mass is 10.1. The Labute approximate surface area is 140 Å². The second-order valence-corrected chi connectivity index (χ2v) is 6.26. The summed E-state index contributed by atoms with van der Waals surface area (Å²) in [5.41, 5.74) is 3.57. The number of halogens is 1. The number of hydrogen-bond donors (Lipinski definition) is 1. The first-order valence-corrected chi connectivity index (χ1v) is 7.79. The first-order valence-electron chi connectivity index (χ1n) is 7.41. The number of nitrogens with one attached hydrogen (secondary N) is 1. The smallest absolute Gasteiger partial charge is 0.256 e. The third-order valence-electron chi connectivity index (χ3n) is 3.78. The van der Waals surface area contributed by atoms with Gasteiger partial charge in [-0.3, -0.25) is 9.59 Å². The maximum atomic E-state index is 12.6. The highest BCUT2D eigenvalue weighted by molar-refractivity contribution is 6.31. The topological polar surface area (TPSA) is 49.4 Å². The molecule has 1 heterocycles. The highest BCUT2D eigenvalue weighted by Gasteiger charge is 2.39. The summed E-state index contributed by atoms with van der Waals surface area (Å²) in [6.45, 7) is 4.00. The molecule has 1 atom stereocenters. The van der Waals surface area contributed by atoms with Gasteiger partial charge in [-0.25, -0.2) is 4.90 Å². The zero-order valence-corrected chi connectivity index (χ0v) is 13.7. The third-order valence-corrected chi connectivity index (χ3v) is 4.01. The fourth-order valence-corrected chi connectivity index (χ4v) is 3.07. The molecule has 5 heteroatoms. The average Bonchev–Trinajstić information content (AvgIpc) is 2.72. The lowest BCUT2D eigenvalue weighted by molar-refractivity contribution is -0.121. The summed E-state index contributed by atoms with van der Waals surface area (Å²) in [7, 11) is 0. The van der Waals surface area contributed by atoms with Gasteiger partial charge in [0.05, 0.1) is 12.1 Å². The maximum Gasteiger partial charge on any atom is 0.256 e. The van der Waals surface area contributed by atoms with Crippen molar-refractivity contribution in [2.24, 2.45) is 0 Å². The van der Waals surface area contributed by atoms with Crippen LogP contribution in [0.25, 0.3) is 0 Å². The summed E-state index contributed by atoms with van der Waals surface area (Å²) in [5.74, 6) is -0.476. The van der Waals surface area contributed by atoms with Crippen LogP contribution in [0, 0.1) is 13.8 Å². The minimum absolute atomic E-state index is 0.137. The number of hydrogen-bond acceptors (Lipinski definition) is 3. The molecule has 1 aliphatic heterocycles. The van der Waals surface area contributed by atoms with E-state index in [2.05, 4.69) is 11.4 Å². The summed E-state index contributed by atoms with van der Waals surface area (Å²) in [6.07, 6.45) is 0.137. The van der Waals surface area contributed by atoms with E-state index in [1.54, 1.807) is 24.3 Å². The zero-order chi connectivity index (χ0) is 16.6. The fraction of sp³-hybridized carbons (Fsp3) is 0.222. The van der Waals surface area contributed by atoms with Crippen molar-refractivity contribution < 1.29 is 9.59 Å². The van der Waals surface area contributed by atoms with Gasteiger partial charge in [0.25, 0.3) is 5.91 Å². The van der Waals surface area contributed by atoms with E-state index in [4.69, 9.17) is 11.6 Å². The molecule has 0 saturated carbocycles. The van der Waals surface area contributed by atoms with E-state index in [0.717, 1.165) is 16.8 Å². The van der Waals surface area contributed by atoms with E-state index in [1.807, 2.05) is 26.0 Å². The second kappa shape index (κ2) is 6.05. The summed E-state index contributed by atoms with van der Waals surface area (Å²) in [6, 6.07) is 12.2. The van der Waals surface area contributed by atoms with Crippen molar-refractivity contribution in [2.75, 3.05) is 10.2 Å². The zero-order valence-electron chi connectivity index (χ0n) is 13.0. The number of carbonyl (C=O) groups excluding carboxylic acids is 2. The number of nitrogens with zero attached hydrogens (tertiary/aromatic N) is 1. The quantitative estimate of drug-likeness (QED) is 0.874. The SMILES string of the molecule is Cc1cc(C)cc(N[C@H]2CC(=O)N(c3cccc(Cl)c3)C2=O)c1. The number of carbonyl (C=O) groups is 2. The lowest BCUT2D eigenvalue weighted by Crippen LogP contribution is -2.34. The Kier molecular flexibility index (Phi) is 4.09. The summed E-state index contributed by atoms with van der Waals surface area (Å²) < 4.78 is 0. The van der Waals surface area contributed by atoms with Gasteiger partial charge in [-0.15, -0.1) is 0 Å². The Morgan fingerprint density at radius 1 is 1.09 bits per heavy atom. The van der Waals surface area contributed by atoms with E-state index in [1.165, 1.54) is 4.90 Å². The molecule has 0 spiro atoms. The third kappa shape index (κ3) is 3.22. The van der Waals surface area contributed by atoms with Crippen molar-refractivity contribution in [2.45, 2.75) is 26.3 Å². The van der Waals surface area contributed by atoms with Crippen molar-refractivity contribution >= 4 is 34.8 Å². The molecule has 1 saturated heterocycles. The molecule has 1 aliphatic rings. The van der Waals surface area contributed by atoms with Gasteiger partial charge in [-0.1, -0.05) is 23.7 Å². The highest BCUT2D eigenvalue weighted by atomic mass is 35.5. The van der Waals surface area contributed by atoms with E-state index in [0.29, 0.717) is 10.7 Å². The van der Waals surface area contributed by atoms with Crippen LogP contribution in [0.5, 0.6) is 0 Å². The second-order valence-electron chi connectivity index (χ2n) is 5.82. The van der Waals surface area contributed by atoms with Crippen molar-refractivity contribution in [1.29, 1.82) is 0 Å². The van der Waals surface area contributed by atoms with Crippen LogP contribution < -0.4 is 10.2 Å². The predicted molar refractivity (Wildman–Crippen MR) is 91.9 cm³/mol. The first-order chi connectivity index (χ1) is 10.9. The van der Waals surface area contributed by atoms with Gasteiger partial charge in [0.2, 0.25) is 5.91 Å². The van der Waals surface area contributed by atoms with E-state index in [-0.39, 0.29) is 18.2 Å². The molecule has 23 heavy (non-hydrogen) atoms. The number of aryl methyl sites for hydroxylation is 2. The van der Waals surface area contributed by atoms with Gasteiger partial charge in [-0.2, -0.15) is 0 Å². The lowest BCUT2D eigenvalue weighted by Gasteiger charge is -2.16. The van der Waals surface area contributed by atoms with Crippen LogP contribution in [-0.2, 0) is 9.59 Å². The van der Waals surface area contributed by atoms with Gasteiger partial charge in [0.15, 0.2) is 0 Å². The molecule has 0 aromatic heterocycles. The minimum atomic E-state index is -0.553. The summed E-state index contributed by atoms with van der Waals surface area (Å²) >= 11 is 5.95. The van der Waals surface area contributed by atoms with Gasteiger partial charge < -0.3 is 5.32 Å². The van der Waals surface area contributed by atoms with Crippen LogP contribution in [-0.4, -0.2) is 17.9 Å². The van der Waals surface area contributed by atoms with Crippen LogP contribution in [0.15, 0.2) is 42.5 Å². The van der Waals surface area contributed by atoms with Crippen molar-refractivity contribution in [3.63, 3.8) is 0 Å². The predicted octanol–water partition coefficient (Wildman–Crippen LogP) is 3.70. The Hall–Kier alpha value is -2.33. The van der Waals surface area contributed by atoms with Crippen LogP contribution in [0.2, 0.25) is 5.02 Å². The van der Waals surface area contributed by atoms with Crippen molar-refractivity contribution in [3.8, 4) is 0 Å². The van der Waals surface area contributed by atoms with E-state index < -0.39 is 6.04 Å². The number of anilines is 2. The molecule has 2 aromatic carbocycles. The maximum absolute atomic E-state index is 12.6. The Balaban J connectivity index is 1.83. The van der Waals surface area contributed by atoms with Crippen LogP contribution in [0.3, 0.4) is 0 Å². The summed E-state index contributed by atoms with van der Waals surface area (Å²) in [4.78, 5) is 26.1. The molecule has 1 N–H and O–H groups in total. The molecule has 0 aliphatic carbocycles. The standard InChI is InChI=1S/C18H17ClN2O2/c1-11-6-12(2)8-14(7-11)20-16-10-17(22)21(18(16)23)15-5-3-4-13(19)9-15/h3-9,16,20H,10H2,1-2H3/t16-/m0/s1. The number of benzene rings is 2. The molecule has 0 unspecified atom stereocenters. The van der Waals surface area contributed by atoms with Crippen molar-refractivity contribution in [1.82, 2.24) is 0 Å². The Morgan fingerprint density at radius 3 is 2.43 bits per heavy atom. The fourth-order valence-electron chi connectivity index (χ4n) is 2.89. The highest BCUT2D eigenvalue weighted by Crippen LogP contribution is 2.27. The molecule has 118 valence electrons. The van der Waals surface area contributed by atoms with Crippen LogP contribution >= 0.6 is 11.6 Å². The largest absolute Gasteiger partial charge is 0.373 e. The molecular weight excluding hydrogens is 312 g/mol. The van der Waals surface area contributed by atoms with E-state index in [9.17, 15) is 9.59 Å². The number of rotatable bonds is 3. The van der Waals surface area contributed by atoms with Crippen molar-refractivity contribution in [3.05, 3.63) is 58.6 Å². The van der Waals surface area contributed by atoms with Crippen LogP contribution in [0.4, 0.5) is 11.4 Å². The molecule has 2 amide bonds.